The van der Waals surface area contributed by atoms with Crippen LogP contribution in [0.1, 0.15) is 36.2 Å². The third kappa shape index (κ3) is 5.45. The summed E-state index contributed by atoms with van der Waals surface area (Å²) in [5.74, 6) is 2.06. The van der Waals surface area contributed by atoms with Gasteiger partial charge >= 0.3 is 6.18 Å². The van der Waals surface area contributed by atoms with Crippen molar-refractivity contribution in [2.75, 3.05) is 19.8 Å². The Morgan fingerprint density at radius 2 is 1.76 bits per heavy atom. The summed E-state index contributed by atoms with van der Waals surface area (Å²) in [4.78, 5) is 11.4. The zero-order valence-electron chi connectivity index (χ0n) is 18.7. The number of benzene rings is 2. The van der Waals surface area contributed by atoms with Gasteiger partial charge in [-0.15, -0.1) is 0 Å². The van der Waals surface area contributed by atoms with Gasteiger partial charge in [0, 0.05) is 55.0 Å². The Kier molecular flexibility index (Phi) is 6.83. The van der Waals surface area contributed by atoms with Gasteiger partial charge in [-0.1, -0.05) is 18.2 Å². The van der Waals surface area contributed by atoms with Crippen molar-refractivity contribution in [2.24, 2.45) is 0 Å². The quantitative estimate of drug-likeness (QED) is 0.468. The summed E-state index contributed by atoms with van der Waals surface area (Å²) in [6, 6.07) is 10.9. The van der Waals surface area contributed by atoms with Crippen LogP contribution in [0.25, 0.3) is 11.4 Å². The van der Waals surface area contributed by atoms with E-state index in [1.54, 1.807) is 6.20 Å². The van der Waals surface area contributed by atoms with E-state index >= 15 is 0 Å². The Labute approximate surface area is 191 Å². The van der Waals surface area contributed by atoms with Crippen LogP contribution in [0.4, 0.5) is 13.2 Å². The maximum Gasteiger partial charge on any atom is 0.416 e. The summed E-state index contributed by atoms with van der Waals surface area (Å²) in [6.45, 7) is 7.32. The highest BCUT2D eigenvalue weighted by Crippen LogP contribution is 2.31. The first-order chi connectivity index (χ1) is 15.9. The number of fused-ring (bicyclic) bond motifs is 1. The van der Waals surface area contributed by atoms with Gasteiger partial charge in [0.05, 0.1) is 24.5 Å². The molecule has 0 amide bonds. The highest BCUT2D eigenvalue weighted by molar-refractivity contribution is 5.56. The van der Waals surface area contributed by atoms with Crippen LogP contribution in [-0.2, 0) is 25.7 Å². The molecule has 3 aromatic rings. The molecule has 0 radical (unpaired) electrons. The zero-order chi connectivity index (χ0) is 23.4. The lowest BCUT2D eigenvalue weighted by Crippen LogP contribution is -2.31. The van der Waals surface area contributed by atoms with Crippen molar-refractivity contribution >= 4 is 0 Å². The monoisotopic (exact) mass is 457 g/mol. The Hall–Kier alpha value is -3.13. The molecule has 1 aliphatic rings. The highest BCUT2D eigenvalue weighted by Gasteiger charge is 2.30. The van der Waals surface area contributed by atoms with Gasteiger partial charge in [-0.05, 0) is 32.0 Å². The summed E-state index contributed by atoms with van der Waals surface area (Å²) < 4.78 is 49.9. The normalized spacial score (nSPS) is 14.1. The molecule has 1 aliphatic heterocycles. The van der Waals surface area contributed by atoms with Gasteiger partial charge < -0.3 is 9.47 Å². The van der Waals surface area contributed by atoms with Crippen molar-refractivity contribution in [1.29, 1.82) is 0 Å². The summed E-state index contributed by atoms with van der Waals surface area (Å²) in [6.07, 6.45) is -1.83. The second-order valence-corrected chi connectivity index (χ2v) is 7.84. The maximum absolute atomic E-state index is 12.8. The average molecular weight is 457 g/mol. The van der Waals surface area contributed by atoms with Crippen LogP contribution in [-0.4, -0.2) is 34.6 Å². The molecule has 0 atom stereocenters. The molecule has 0 aliphatic carbocycles. The highest BCUT2D eigenvalue weighted by atomic mass is 19.4. The number of hydrogen-bond acceptors (Lipinski definition) is 5. The van der Waals surface area contributed by atoms with Crippen LogP contribution in [0.15, 0.2) is 48.7 Å². The first-order valence-corrected chi connectivity index (χ1v) is 11.0. The smallest absolute Gasteiger partial charge is 0.416 e. The molecular weight excluding hydrogens is 431 g/mol. The molecule has 0 saturated carbocycles. The molecular formula is C25H26F3N3O2. The van der Waals surface area contributed by atoms with Crippen LogP contribution in [0.5, 0.6) is 11.5 Å². The van der Waals surface area contributed by atoms with E-state index in [9.17, 15) is 13.2 Å². The molecule has 174 valence electrons. The molecule has 0 spiro atoms. The maximum atomic E-state index is 12.8. The Morgan fingerprint density at radius 1 is 1.00 bits per heavy atom. The molecule has 0 saturated heterocycles. The number of rotatable bonds is 7. The molecule has 0 bridgehead atoms. The number of aromatic nitrogens is 2. The summed E-state index contributed by atoms with van der Waals surface area (Å²) in [5, 5.41) is 0. The van der Waals surface area contributed by atoms with E-state index in [0.29, 0.717) is 31.1 Å². The molecule has 0 unspecified atom stereocenters. The van der Waals surface area contributed by atoms with Crippen molar-refractivity contribution < 1.29 is 22.6 Å². The SMILES string of the molecule is CCOc1ccc(CN2CCc3nc(-c4ccc(C(F)(F)F)cc4)ncc3C2)c(OCC)c1. The van der Waals surface area contributed by atoms with Crippen LogP contribution in [0.2, 0.25) is 0 Å². The molecule has 0 N–H and O–H groups in total. The lowest BCUT2D eigenvalue weighted by Gasteiger charge is -2.28. The van der Waals surface area contributed by atoms with Crippen LogP contribution in [0, 0.1) is 0 Å². The largest absolute Gasteiger partial charge is 0.494 e. The first kappa shape index (κ1) is 23.0. The van der Waals surface area contributed by atoms with E-state index in [1.165, 1.54) is 12.1 Å². The predicted molar refractivity (Wildman–Crippen MR) is 119 cm³/mol. The Morgan fingerprint density at radius 3 is 2.45 bits per heavy atom. The molecule has 33 heavy (non-hydrogen) atoms. The molecule has 2 heterocycles. The van der Waals surface area contributed by atoms with Crippen molar-refractivity contribution in [3.8, 4) is 22.9 Å². The van der Waals surface area contributed by atoms with Gasteiger partial charge in [-0.2, -0.15) is 13.2 Å². The van der Waals surface area contributed by atoms with E-state index in [4.69, 9.17) is 9.47 Å². The summed E-state index contributed by atoms with van der Waals surface area (Å²) >= 11 is 0. The van der Waals surface area contributed by atoms with Gasteiger partial charge in [0.1, 0.15) is 11.5 Å². The van der Waals surface area contributed by atoms with Crippen molar-refractivity contribution in [1.82, 2.24) is 14.9 Å². The topological polar surface area (TPSA) is 47.5 Å². The van der Waals surface area contributed by atoms with E-state index < -0.39 is 11.7 Å². The Balaban J connectivity index is 1.48. The third-order valence-electron chi connectivity index (χ3n) is 5.53. The molecule has 4 rings (SSSR count). The van der Waals surface area contributed by atoms with Crippen molar-refractivity contribution in [3.05, 3.63) is 71.0 Å². The minimum atomic E-state index is -4.36. The van der Waals surface area contributed by atoms with Crippen LogP contribution >= 0.6 is 0 Å². The minimum Gasteiger partial charge on any atom is -0.494 e. The van der Waals surface area contributed by atoms with Gasteiger partial charge in [-0.3, -0.25) is 4.90 Å². The lowest BCUT2D eigenvalue weighted by atomic mass is 10.0. The van der Waals surface area contributed by atoms with Gasteiger partial charge in [0.15, 0.2) is 5.82 Å². The van der Waals surface area contributed by atoms with Gasteiger partial charge in [0.25, 0.3) is 0 Å². The summed E-state index contributed by atoms with van der Waals surface area (Å²) in [7, 11) is 0. The lowest BCUT2D eigenvalue weighted by molar-refractivity contribution is -0.137. The van der Waals surface area contributed by atoms with E-state index in [-0.39, 0.29) is 0 Å². The van der Waals surface area contributed by atoms with E-state index in [0.717, 1.165) is 60.0 Å². The fraction of sp³-hybridized carbons (Fsp3) is 0.360. The average Bonchev–Trinajstić information content (AvgIpc) is 2.80. The minimum absolute atomic E-state index is 0.445. The number of alkyl halides is 3. The molecule has 8 heteroatoms. The van der Waals surface area contributed by atoms with Crippen LogP contribution in [0.3, 0.4) is 0 Å². The second-order valence-electron chi connectivity index (χ2n) is 7.84. The number of halogens is 3. The van der Waals surface area contributed by atoms with E-state index in [1.807, 2.05) is 32.0 Å². The zero-order valence-corrected chi connectivity index (χ0v) is 18.7. The number of nitrogens with zero attached hydrogens (tertiary/aromatic N) is 3. The fourth-order valence-corrected chi connectivity index (χ4v) is 3.91. The third-order valence-corrected chi connectivity index (χ3v) is 5.53. The molecule has 0 fully saturated rings. The molecule has 2 aromatic carbocycles. The second kappa shape index (κ2) is 9.79. The van der Waals surface area contributed by atoms with Gasteiger partial charge in [-0.25, -0.2) is 9.97 Å². The van der Waals surface area contributed by atoms with Crippen molar-refractivity contribution in [2.45, 2.75) is 39.5 Å². The molecule has 5 nitrogen and oxygen atoms in total. The number of hydrogen-bond donors (Lipinski definition) is 0. The Bertz CT molecular complexity index is 1100. The van der Waals surface area contributed by atoms with Crippen LogP contribution < -0.4 is 9.47 Å². The predicted octanol–water partition coefficient (Wildman–Crippen LogP) is 5.52. The first-order valence-electron chi connectivity index (χ1n) is 11.0. The fourth-order valence-electron chi connectivity index (χ4n) is 3.91. The standard InChI is InChI=1S/C25H26F3N3O2/c1-3-32-21-10-7-18(23(13-21)33-4-2)15-31-12-11-22-19(16-31)14-29-24(30-22)17-5-8-20(9-6-17)25(26,27)28/h5-10,13-14H,3-4,11-12,15-16H2,1-2H3. The summed E-state index contributed by atoms with van der Waals surface area (Å²) in [5.41, 5.74) is 2.95. The van der Waals surface area contributed by atoms with Gasteiger partial charge in [0.2, 0.25) is 0 Å². The van der Waals surface area contributed by atoms with E-state index in [2.05, 4.69) is 14.9 Å². The number of ether oxygens (including phenoxy) is 2. The molecule has 1 aromatic heterocycles. The van der Waals surface area contributed by atoms with Crippen molar-refractivity contribution in [3.63, 3.8) is 0 Å².